The molecule has 2 heterocycles. The van der Waals surface area contributed by atoms with Crippen LogP contribution in [0, 0.1) is 6.92 Å². The van der Waals surface area contributed by atoms with Gasteiger partial charge in [-0.2, -0.15) is 0 Å². The molecular weight excluding hydrogens is 322 g/mol. The van der Waals surface area contributed by atoms with Crippen molar-refractivity contribution < 1.29 is 14.3 Å². The third-order valence-corrected chi connectivity index (χ3v) is 3.61. The van der Waals surface area contributed by atoms with E-state index in [1.54, 1.807) is 54.4 Å². The van der Waals surface area contributed by atoms with Gasteiger partial charge in [-0.15, -0.1) is 10.2 Å². The number of carbonyl (C=O) groups is 1. The maximum absolute atomic E-state index is 12.4. The van der Waals surface area contributed by atoms with Crippen LogP contribution in [0.4, 0.5) is 5.69 Å². The van der Waals surface area contributed by atoms with Gasteiger partial charge in [0.15, 0.2) is 11.5 Å². The first-order valence-corrected chi connectivity index (χ1v) is 7.50. The molecule has 0 aliphatic rings. The van der Waals surface area contributed by atoms with Crippen molar-refractivity contribution in [1.82, 2.24) is 19.7 Å². The predicted molar refractivity (Wildman–Crippen MR) is 91.4 cm³/mol. The Balaban J connectivity index is 1.81. The average Bonchev–Trinajstić information content (AvgIpc) is 3.07. The molecule has 0 bridgehead atoms. The van der Waals surface area contributed by atoms with Crippen LogP contribution in [0.3, 0.4) is 0 Å². The maximum atomic E-state index is 12.4. The Morgan fingerprint density at radius 1 is 1.12 bits per heavy atom. The van der Waals surface area contributed by atoms with E-state index < -0.39 is 5.91 Å². The summed E-state index contributed by atoms with van der Waals surface area (Å²) in [7, 11) is 3.08. The zero-order valence-corrected chi connectivity index (χ0v) is 14.1. The number of hydrogen-bond donors (Lipinski definition) is 1. The van der Waals surface area contributed by atoms with Gasteiger partial charge in [0.1, 0.15) is 17.3 Å². The number of imidazole rings is 1. The van der Waals surface area contributed by atoms with E-state index in [-0.39, 0.29) is 5.69 Å². The highest BCUT2D eigenvalue weighted by molar-refractivity contribution is 6.03. The molecule has 1 amide bonds. The van der Waals surface area contributed by atoms with E-state index in [2.05, 4.69) is 20.5 Å². The molecule has 0 saturated heterocycles. The fraction of sp³-hybridized carbons (Fsp3) is 0.176. The van der Waals surface area contributed by atoms with Crippen molar-refractivity contribution in [2.45, 2.75) is 6.92 Å². The summed E-state index contributed by atoms with van der Waals surface area (Å²) in [5.41, 5.74) is 0.676. The van der Waals surface area contributed by atoms with Gasteiger partial charge in [0, 0.05) is 18.5 Å². The first-order valence-electron chi connectivity index (χ1n) is 7.50. The van der Waals surface area contributed by atoms with Gasteiger partial charge in [0.25, 0.3) is 5.91 Å². The number of amides is 1. The highest BCUT2D eigenvalue weighted by atomic mass is 16.5. The smallest absolute Gasteiger partial charge is 0.276 e. The van der Waals surface area contributed by atoms with Gasteiger partial charge in [0.05, 0.1) is 19.9 Å². The Labute approximate surface area is 144 Å². The van der Waals surface area contributed by atoms with E-state index in [9.17, 15) is 4.79 Å². The molecule has 1 N–H and O–H groups in total. The van der Waals surface area contributed by atoms with Crippen LogP contribution in [-0.2, 0) is 0 Å². The molecule has 1 aromatic carbocycles. The molecule has 0 radical (unpaired) electrons. The summed E-state index contributed by atoms with van der Waals surface area (Å²) in [5.74, 6) is 2.10. The lowest BCUT2D eigenvalue weighted by atomic mass is 10.2. The van der Waals surface area contributed by atoms with E-state index in [4.69, 9.17) is 9.47 Å². The zero-order chi connectivity index (χ0) is 17.8. The minimum absolute atomic E-state index is 0.186. The third-order valence-electron chi connectivity index (χ3n) is 3.61. The number of carbonyl (C=O) groups excluding carboxylic acids is 1. The van der Waals surface area contributed by atoms with E-state index in [1.807, 2.05) is 6.92 Å². The fourth-order valence-corrected chi connectivity index (χ4v) is 2.29. The summed E-state index contributed by atoms with van der Waals surface area (Å²) in [6.07, 6.45) is 3.45. The highest BCUT2D eigenvalue weighted by Gasteiger charge is 2.13. The standard InChI is InChI=1S/C17H17N5O3/c1-11-18-8-9-22(11)16-7-5-13(20-21-16)17(23)19-14-10-12(24-2)4-6-15(14)25-3/h4-10H,1-3H3,(H,19,23). The van der Waals surface area contributed by atoms with Gasteiger partial charge in [-0.25, -0.2) is 4.98 Å². The minimum atomic E-state index is -0.395. The Bertz CT molecular complexity index is 890. The molecular formula is C17H17N5O3. The normalized spacial score (nSPS) is 10.4. The van der Waals surface area contributed by atoms with Gasteiger partial charge in [0.2, 0.25) is 0 Å². The number of ether oxygens (including phenoxy) is 2. The Hall–Kier alpha value is -3.42. The summed E-state index contributed by atoms with van der Waals surface area (Å²) in [6, 6.07) is 8.44. The average molecular weight is 339 g/mol. The van der Waals surface area contributed by atoms with Gasteiger partial charge >= 0.3 is 0 Å². The second-order valence-corrected chi connectivity index (χ2v) is 5.14. The lowest BCUT2D eigenvalue weighted by Gasteiger charge is -2.11. The number of nitrogens with zero attached hydrogens (tertiary/aromatic N) is 4. The number of aromatic nitrogens is 4. The second kappa shape index (κ2) is 7.00. The van der Waals surface area contributed by atoms with Gasteiger partial charge in [-0.3, -0.25) is 9.36 Å². The van der Waals surface area contributed by atoms with E-state index in [0.29, 0.717) is 23.0 Å². The monoisotopic (exact) mass is 339 g/mol. The number of rotatable bonds is 5. The molecule has 0 saturated carbocycles. The zero-order valence-electron chi connectivity index (χ0n) is 14.1. The van der Waals surface area contributed by atoms with Crippen molar-refractivity contribution in [2.75, 3.05) is 19.5 Å². The molecule has 0 fully saturated rings. The fourth-order valence-electron chi connectivity index (χ4n) is 2.29. The number of aryl methyl sites for hydroxylation is 1. The van der Waals surface area contributed by atoms with E-state index >= 15 is 0 Å². The van der Waals surface area contributed by atoms with Gasteiger partial charge in [-0.05, 0) is 31.2 Å². The molecule has 0 unspecified atom stereocenters. The Morgan fingerprint density at radius 3 is 2.56 bits per heavy atom. The van der Waals surface area contributed by atoms with Crippen LogP contribution in [0.15, 0.2) is 42.7 Å². The summed E-state index contributed by atoms with van der Waals surface area (Å²) < 4.78 is 12.2. The molecule has 8 nitrogen and oxygen atoms in total. The van der Waals surface area contributed by atoms with Crippen molar-refractivity contribution in [3.05, 3.63) is 54.2 Å². The number of anilines is 1. The quantitative estimate of drug-likeness (QED) is 0.766. The maximum Gasteiger partial charge on any atom is 0.276 e. The molecule has 2 aromatic heterocycles. The summed E-state index contributed by atoms with van der Waals surface area (Å²) in [6.45, 7) is 1.86. The molecule has 0 atom stereocenters. The lowest BCUT2D eigenvalue weighted by Crippen LogP contribution is -2.15. The van der Waals surface area contributed by atoms with Crippen LogP contribution >= 0.6 is 0 Å². The number of benzene rings is 1. The van der Waals surface area contributed by atoms with E-state index in [0.717, 1.165) is 5.82 Å². The van der Waals surface area contributed by atoms with Crippen molar-refractivity contribution in [3.8, 4) is 17.3 Å². The number of hydrogen-bond acceptors (Lipinski definition) is 6. The molecule has 25 heavy (non-hydrogen) atoms. The van der Waals surface area contributed by atoms with Gasteiger partial charge in [-0.1, -0.05) is 0 Å². The Morgan fingerprint density at radius 2 is 1.96 bits per heavy atom. The highest BCUT2D eigenvalue weighted by Crippen LogP contribution is 2.29. The van der Waals surface area contributed by atoms with Crippen LogP contribution in [-0.4, -0.2) is 39.9 Å². The summed E-state index contributed by atoms with van der Waals surface area (Å²) in [4.78, 5) is 16.5. The van der Waals surface area contributed by atoms with Crippen LogP contribution in [0.1, 0.15) is 16.3 Å². The molecule has 128 valence electrons. The SMILES string of the molecule is COc1ccc(OC)c(NC(=O)c2ccc(-n3ccnc3C)nn2)c1. The van der Waals surface area contributed by atoms with Crippen molar-refractivity contribution >= 4 is 11.6 Å². The lowest BCUT2D eigenvalue weighted by molar-refractivity contribution is 0.102. The van der Waals surface area contributed by atoms with E-state index in [1.165, 1.54) is 7.11 Å². The van der Waals surface area contributed by atoms with Crippen LogP contribution < -0.4 is 14.8 Å². The van der Waals surface area contributed by atoms with Crippen LogP contribution in [0.25, 0.3) is 5.82 Å². The number of methoxy groups -OCH3 is 2. The van der Waals surface area contributed by atoms with Crippen molar-refractivity contribution in [1.29, 1.82) is 0 Å². The molecule has 3 aromatic rings. The van der Waals surface area contributed by atoms with Crippen molar-refractivity contribution in [3.63, 3.8) is 0 Å². The second-order valence-electron chi connectivity index (χ2n) is 5.14. The largest absolute Gasteiger partial charge is 0.497 e. The van der Waals surface area contributed by atoms with Gasteiger partial charge < -0.3 is 14.8 Å². The van der Waals surface area contributed by atoms with Crippen molar-refractivity contribution in [2.24, 2.45) is 0 Å². The summed E-state index contributed by atoms with van der Waals surface area (Å²) >= 11 is 0. The third kappa shape index (κ3) is 3.42. The topological polar surface area (TPSA) is 91.2 Å². The molecule has 0 aliphatic heterocycles. The number of nitrogens with one attached hydrogen (secondary N) is 1. The molecule has 8 heteroatoms. The summed E-state index contributed by atoms with van der Waals surface area (Å²) in [5, 5.41) is 10.8. The molecule has 0 aliphatic carbocycles. The minimum Gasteiger partial charge on any atom is -0.497 e. The molecule has 3 rings (SSSR count). The first-order chi connectivity index (χ1) is 12.1. The van der Waals surface area contributed by atoms with Crippen LogP contribution in [0.2, 0.25) is 0 Å². The Kier molecular flexibility index (Phi) is 4.60. The van der Waals surface area contributed by atoms with Crippen LogP contribution in [0.5, 0.6) is 11.5 Å². The predicted octanol–water partition coefficient (Wildman–Crippen LogP) is 2.24. The first kappa shape index (κ1) is 16.4. The molecule has 0 spiro atoms.